The minimum Gasteiger partial charge on any atom is -0.399 e. The fourth-order valence-corrected chi connectivity index (χ4v) is 1.88. The second kappa shape index (κ2) is 7.79. The molecule has 0 unspecified atom stereocenters. The van der Waals surface area contributed by atoms with Gasteiger partial charge in [0, 0.05) is 25.7 Å². The van der Waals surface area contributed by atoms with Crippen LogP contribution in [-0.2, 0) is 11.2 Å². The molecule has 0 saturated carbocycles. The summed E-state index contributed by atoms with van der Waals surface area (Å²) in [5, 5.41) is 0. The second-order valence-corrected chi connectivity index (χ2v) is 5.21. The van der Waals surface area contributed by atoms with E-state index in [2.05, 4.69) is 4.90 Å². The third-order valence-corrected chi connectivity index (χ3v) is 3.13. The van der Waals surface area contributed by atoms with Crippen LogP contribution in [0.15, 0.2) is 24.3 Å². The molecule has 0 radical (unpaired) electrons. The van der Waals surface area contributed by atoms with Crippen LogP contribution in [0.4, 0.5) is 5.69 Å². The molecule has 0 heterocycles. The lowest BCUT2D eigenvalue weighted by molar-refractivity contribution is -0.129. The fraction of sp³-hybridized carbons (Fsp3) is 0.533. The fourth-order valence-electron chi connectivity index (χ4n) is 1.88. The Bertz CT molecular complexity index is 387. The topological polar surface area (TPSA) is 49.6 Å². The van der Waals surface area contributed by atoms with Gasteiger partial charge in [-0.05, 0) is 51.2 Å². The Balaban J connectivity index is 2.28. The number of aryl methyl sites for hydroxylation is 1. The molecule has 1 aromatic rings. The van der Waals surface area contributed by atoms with E-state index >= 15 is 0 Å². The van der Waals surface area contributed by atoms with Crippen molar-refractivity contribution in [2.24, 2.45) is 0 Å². The largest absolute Gasteiger partial charge is 0.399 e. The molecule has 2 N–H and O–H groups in total. The summed E-state index contributed by atoms with van der Waals surface area (Å²) in [6.45, 7) is 1.83. The molecule has 0 spiro atoms. The van der Waals surface area contributed by atoms with E-state index in [0.717, 1.165) is 37.2 Å². The number of nitrogen functional groups attached to an aromatic ring is 1. The molecule has 0 aliphatic carbocycles. The van der Waals surface area contributed by atoms with Crippen LogP contribution in [0.3, 0.4) is 0 Å². The Morgan fingerprint density at radius 3 is 2.32 bits per heavy atom. The van der Waals surface area contributed by atoms with Crippen molar-refractivity contribution in [1.82, 2.24) is 9.80 Å². The molecule has 106 valence electrons. The summed E-state index contributed by atoms with van der Waals surface area (Å²) in [7, 11) is 5.97. The number of rotatable bonds is 7. The Labute approximate surface area is 116 Å². The summed E-state index contributed by atoms with van der Waals surface area (Å²) in [4.78, 5) is 15.9. The highest BCUT2D eigenvalue weighted by Crippen LogP contribution is 2.08. The van der Waals surface area contributed by atoms with Crippen molar-refractivity contribution in [3.8, 4) is 0 Å². The molecule has 0 fully saturated rings. The molecule has 0 saturated heterocycles. The highest BCUT2D eigenvalue weighted by atomic mass is 16.2. The van der Waals surface area contributed by atoms with Gasteiger partial charge in [-0.15, -0.1) is 0 Å². The normalized spacial score (nSPS) is 10.7. The molecule has 0 aliphatic rings. The summed E-state index contributed by atoms with van der Waals surface area (Å²) in [5.41, 5.74) is 7.55. The zero-order chi connectivity index (χ0) is 14.3. The van der Waals surface area contributed by atoms with Crippen LogP contribution in [0, 0.1) is 0 Å². The molecule has 0 aromatic heterocycles. The summed E-state index contributed by atoms with van der Waals surface area (Å²) in [5.74, 6) is 0.204. The van der Waals surface area contributed by atoms with Gasteiger partial charge < -0.3 is 15.5 Å². The van der Waals surface area contributed by atoms with E-state index in [1.807, 2.05) is 50.3 Å². The van der Waals surface area contributed by atoms with Crippen LogP contribution in [0.5, 0.6) is 0 Å². The molecular weight excluding hydrogens is 238 g/mol. The third-order valence-electron chi connectivity index (χ3n) is 3.13. The lowest BCUT2D eigenvalue weighted by Crippen LogP contribution is -2.29. The zero-order valence-electron chi connectivity index (χ0n) is 12.2. The molecule has 1 aromatic carbocycles. The van der Waals surface area contributed by atoms with Gasteiger partial charge in [0.2, 0.25) is 5.91 Å². The Hall–Kier alpha value is -1.55. The second-order valence-electron chi connectivity index (χ2n) is 5.21. The number of nitrogens with zero attached hydrogens (tertiary/aromatic N) is 2. The lowest BCUT2D eigenvalue weighted by atomic mass is 10.1. The van der Waals surface area contributed by atoms with E-state index in [1.54, 1.807) is 0 Å². The maximum absolute atomic E-state index is 11.9. The quantitative estimate of drug-likeness (QED) is 0.760. The maximum atomic E-state index is 11.9. The van der Waals surface area contributed by atoms with Gasteiger partial charge in [-0.3, -0.25) is 4.79 Å². The number of anilines is 1. The van der Waals surface area contributed by atoms with Crippen molar-refractivity contribution in [1.29, 1.82) is 0 Å². The van der Waals surface area contributed by atoms with Crippen LogP contribution >= 0.6 is 0 Å². The highest BCUT2D eigenvalue weighted by Gasteiger charge is 2.08. The molecule has 1 rings (SSSR count). The molecule has 0 atom stereocenters. The van der Waals surface area contributed by atoms with Crippen molar-refractivity contribution < 1.29 is 4.79 Å². The maximum Gasteiger partial charge on any atom is 0.222 e. The van der Waals surface area contributed by atoms with Crippen molar-refractivity contribution in [3.05, 3.63) is 29.8 Å². The third kappa shape index (κ3) is 6.25. The monoisotopic (exact) mass is 263 g/mol. The van der Waals surface area contributed by atoms with E-state index in [9.17, 15) is 4.79 Å². The first-order chi connectivity index (χ1) is 8.99. The number of carbonyl (C=O) groups excluding carboxylic acids is 1. The number of hydrogen-bond donors (Lipinski definition) is 1. The van der Waals surface area contributed by atoms with Crippen LogP contribution in [0.1, 0.15) is 18.4 Å². The van der Waals surface area contributed by atoms with E-state index in [1.165, 1.54) is 0 Å². The first kappa shape index (κ1) is 15.5. The number of hydrogen-bond acceptors (Lipinski definition) is 3. The van der Waals surface area contributed by atoms with Crippen molar-refractivity contribution in [2.45, 2.75) is 19.3 Å². The molecule has 0 aliphatic heterocycles. The summed E-state index contributed by atoms with van der Waals surface area (Å²) >= 11 is 0. The SMILES string of the molecule is CN(C)CCCN(C)C(=O)CCc1ccc(N)cc1. The zero-order valence-corrected chi connectivity index (χ0v) is 12.2. The summed E-state index contributed by atoms with van der Waals surface area (Å²) in [6.07, 6.45) is 2.34. The number of benzene rings is 1. The summed E-state index contributed by atoms with van der Waals surface area (Å²) < 4.78 is 0. The number of amides is 1. The minimum absolute atomic E-state index is 0.204. The number of nitrogens with two attached hydrogens (primary N) is 1. The molecule has 0 bridgehead atoms. The van der Waals surface area contributed by atoms with Crippen molar-refractivity contribution in [3.63, 3.8) is 0 Å². The molecular formula is C15H25N3O. The van der Waals surface area contributed by atoms with Gasteiger partial charge in [0.25, 0.3) is 0 Å². The molecule has 4 heteroatoms. The van der Waals surface area contributed by atoms with Crippen molar-refractivity contribution >= 4 is 11.6 Å². The van der Waals surface area contributed by atoms with Gasteiger partial charge in [-0.25, -0.2) is 0 Å². The average molecular weight is 263 g/mol. The average Bonchev–Trinajstić information content (AvgIpc) is 2.37. The van der Waals surface area contributed by atoms with Crippen LogP contribution < -0.4 is 5.73 Å². The van der Waals surface area contributed by atoms with Crippen LogP contribution in [0.25, 0.3) is 0 Å². The minimum atomic E-state index is 0.204. The first-order valence-corrected chi connectivity index (χ1v) is 6.72. The molecule has 1 amide bonds. The summed E-state index contributed by atoms with van der Waals surface area (Å²) in [6, 6.07) is 7.71. The Kier molecular flexibility index (Phi) is 6.36. The van der Waals surface area contributed by atoms with E-state index < -0.39 is 0 Å². The van der Waals surface area contributed by atoms with E-state index in [-0.39, 0.29) is 5.91 Å². The Morgan fingerprint density at radius 1 is 1.11 bits per heavy atom. The predicted octanol–water partition coefficient (Wildman–Crippen LogP) is 1.61. The first-order valence-electron chi connectivity index (χ1n) is 6.72. The van der Waals surface area contributed by atoms with E-state index in [0.29, 0.717) is 6.42 Å². The van der Waals surface area contributed by atoms with Crippen LogP contribution in [0.2, 0.25) is 0 Å². The van der Waals surface area contributed by atoms with Gasteiger partial charge in [0.15, 0.2) is 0 Å². The van der Waals surface area contributed by atoms with Gasteiger partial charge in [-0.2, -0.15) is 0 Å². The van der Waals surface area contributed by atoms with Gasteiger partial charge >= 0.3 is 0 Å². The van der Waals surface area contributed by atoms with Gasteiger partial charge in [0.05, 0.1) is 0 Å². The predicted molar refractivity (Wildman–Crippen MR) is 80.0 cm³/mol. The van der Waals surface area contributed by atoms with Crippen molar-refractivity contribution in [2.75, 3.05) is 40.0 Å². The van der Waals surface area contributed by atoms with Gasteiger partial charge in [-0.1, -0.05) is 12.1 Å². The number of carbonyl (C=O) groups is 1. The standard InChI is InChI=1S/C15H25N3O/c1-17(2)11-4-12-18(3)15(19)10-7-13-5-8-14(16)9-6-13/h5-6,8-9H,4,7,10-12,16H2,1-3H3. The highest BCUT2D eigenvalue weighted by molar-refractivity contribution is 5.76. The van der Waals surface area contributed by atoms with Gasteiger partial charge in [0.1, 0.15) is 0 Å². The van der Waals surface area contributed by atoms with Crippen LogP contribution in [-0.4, -0.2) is 49.9 Å². The lowest BCUT2D eigenvalue weighted by Gasteiger charge is -2.18. The van der Waals surface area contributed by atoms with E-state index in [4.69, 9.17) is 5.73 Å². The smallest absolute Gasteiger partial charge is 0.222 e. The Morgan fingerprint density at radius 2 is 1.74 bits per heavy atom. The molecule has 4 nitrogen and oxygen atoms in total. The molecule has 19 heavy (non-hydrogen) atoms.